The van der Waals surface area contributed by atoms with Crippen LogP contribution in [0.5, 0.6) is 0 Å². The highest BCUT2D eigenvalue weighted by atomic mass is 16.2. The second-order valence-corrected chi connectivity index (χ2v) is 7.87. The van der Waals surface area contributed by atoms with Gasteiger partial charge in [0.15, 0.2) is 0 Å². The molecule has 2 heterocycles. The van der Waals surface area contributed by atoms with Gasteiger partial charge in [0.2, 0.25) is 5.91 Å². The van der Waals surface area contributed by atoms with Gasteiger partial charge >= 0.3 is 0 Å². The standard InChI is InChI=1S/C24H27N3O2/c1-17-9-11-19(12-10-17)27-21(23-20(24(27)29)8-5-14-26-23)16-22(28)25-15-13-18-6-3-2-4-7-18/h5-6,8-12,14,21H,2-4,7,13,15-16H2,1H3,(H,25,28). The van der Waals surface area contributed by atoms with E-state index in [2.05, 4.69) is 16.4 Å². The van der Waals surface area contributed by atoms with E-state index in [1.54, 1.807) is 23.2 Å². The summed E-state index contributed by atoms with van der Waals surface area (Å²) in [6.45, 7) is 2.66. The topological polar surface area (TPSA) is 62.3 Å². The van der Waals surface area contributed by atoms with Crippen LogP contribution < -0.4 is 10.2 Å². The molecule has 4 rings (SSSR count). The molecule has 1 atom stereocenters. The minimum absolute atomic E-state index is 0.0465. The van der Waals surface area contributed by atoms with Gasteiger partial charge in [-0.05, 0) is 63.3 Å². The van der Waals surface area contributed by atoms with Crippen molar-refractivity contribution in [1.82, 2.24) is 10.3 Å². The third-order valence-corrected chi connectivity index (χ3v) is 5.76. The van der Waals surface area contributed by atoms with Crippen LogP contribution in [0.1, 0.15) is 66.2 Å². The lowest BCUT2D eigenvalue weighted by molar-refractivity contribution is -0.121. The summed E-state index contributed by atoms with van der Waals surface area (Å²) in [6.07, 6.45) is 9.93. The fourth-order valence-corrected chi connectivity index (χ4v) is 4.19. The molecule has 5 nitrogen and oxygen atoms in total. The molecule has 1 N–H and O–H groups in total. The van der Waals surface area contributed by atoms with Crippen LogP contribution in [0.3, 0.4) is 0 Å². The molecule has 1 aromatic carbocycles. The molecule has 5 heteroatoms. The molecule has 0 bridgehead atoms. The van der Waals surface area contributed by atoms with Gasteiger partial charge in [-0.3, -0.25) is 19.5 Å². The maximum absolute atomic E-state index is 13.0. The minimum Gasteiger partial charge on any atom is -0.356 e. The SMILES string of the molecule is Cc1ccc(N2C(=O)c3cccnc3C2CC(=O)NCCC2=CCCCC2)cc1. The number of allylic oxidation sites excluding steroid dienone is 1. The van der Waals surface area contributed by atoms with Crippen molar-refractivity contribution in [2.24, 2.45) is 0 Å². The Hall–Kier alpha value is -2.95. The number of benzene rings is 1. The molecule has 1 aliphatic carbocycles. The highest BCUT2D eigenvalue weighted by Gasteiger charge is 2.39. The molecule has 2 aromatic rings. The Bertz CT molecular complexity index is 933. The van der Waals surface area contributed by atoms with Crippen LogP contribution in [0.2, 0.25) is 0 Å². The highest BCUT2D eigenvalue weighted by Crippen LogP contribution is 2.38. The third-order valence-electron chi connectivity index (χ3n) is 5.76. The second-order valence-electron chi connectivity index (χ2n) is 7.87. The Morgan fingerprint density at radius 3 is 2.79 bits per heavy atom. The quantitative estimate of drug-likeness (QED) is 0.741. The molecule has 0 fully saturated rings. The van der Waals surface area contributed by atoms with Crippen LogP contribution >= 0.6 is 0 Å². The number of hydrogen-bond donors (Lipinski definition) is 1. The lowest BCUT2D eigenvalue weighted by Gasteiger charge is -2.25. The van der Waals surface area contributed by atoms with E-state index in [0.717, 1.165) is 30.5 Å². The van der Waals surface area contributed by atoms with Gasteiger partial charge in [-0.2, -0.15) is 0 Å². The van der Waals surface area contributed by atoms with Gasteiger partial charge in [-0.1, -0.05) is 29.3 Å². The van der Waals surface area contributed by atoms with E-state index in [0.29, 0.717) is 17.8 Å². The molecule has 0 saturated heterocycles. The van der Waals surface area contributed by atoms with Crippen molar-refractivity contribution in [1.29, 1.82) is 0 Å². The van der Waals surface area contributed by atoms with E-state index in [4.69, 9.17) is 0 Å². The Morgan fingerprint density at radius 2 is 2.03 bits per heavy atom. The molecule has 1 aliphatic heterocycles. The summed E-state index contributed by atoms with van der Waals surface area (Å²) in [6, 6.07) is 11.0. The molecular formula is C24H27N3O2. The first-order chi connectivity index (χ1) is 14.1. The zero-order valence-electron chi connectivity index (χ0n) is 16.9. The molecular weight excluding hydrogens is 362 g/mol. The van der Waals surface area contributed by atoms with Crippen molar-refractivity contribution in [2.45, 2.75) is 51.5 Å². The zero-order valence-corrected chi connectivity index (χ0v) is 16.9. The van der Waals surface area contributed by atoms with Gasteiger partial charge in [0.1, 0.15) is 0 Å². The Kier molecular flexibility index (Phi) is 5.74. The van der Waals surface area contributed by atoms with Crippen LogP contribution in [0, 0.1) is 6.92 Å². The van der Waals surface area contributed by atoms with Crippen LogP contribution in [0.4, 0.5) is 5.69 Å². The van der Waals surface area contributed by atoms with Crippen molar-refractivity contribution in [3.8, 4) is 0 Å². The van der Waals surface area contributed by atoms with E-state index >= 15 is 0 Å². The van der Waals surface area contributed by atoms with Crippen molar-refractivity contribution in [2.75, 3.05) is 11.4 Å². The highest BCUT2D eigenvalue weighted by molar-refractivity contribution is 6.11. The zero-order chi connectivity index (χ0) is 20.2. The summed E-state index contributed by atoms with van der Waals surface area (Å²) in [5, 5.41) is 3.04. The average Bonchev–Trinajstić information content (AvgIpc) is 3.01. The summed E-state index contributed by atoms with van der Waals surface area (Å²) in [5.74, 6) is -0.142. The number of rotatable bonds is 6. The minimum atomic E-state index is -0.379. The third kappa shape index (κ3) is 4.24. The number of hydrogen-bond acceptors (Lipinski definition) is 3. The number of anilines is 1. The Labute approximate surface area is 171 Å². The molecule has 2 aliphatic rings. The van der Waals surface area contributed by atoms with E-state index in [1.165, 1.54) is 18.4 Å². The first-order valence-electron chi connectivity index (χ1n) is 10.4. The van der Waals surface area contributed by atoms with Gasteiger partial charge in [0, 0.05) is 18.4 Å². The number of pyridine rings is 1. The Balaban J connectivity index is 1.48. The van der Waals surface area contributed by atoms with Crippen molar-refractivity contribution >= 4 is 17.5 Å². The fourth-order valence-electron chi connectivity index (χ4n) is 4.19. The lowest BCUT2D eigenvalue weighted by Crippen LogP contribution is -2.33. The number of aryl methyl sites for hydroxylation is 1. The fraction of sp³-hybridized carbons (Fsp3) is 0.375. The first-order valence-corrected chi connectivity index (χ1v) is 10.4. The number of nitrogens with one attached hydrogen (secondary N) is 1. The monoisotopic (exact) mass is 389 g/mol. The lowest BCUT2D eigenvalue weighted by atomic mass is 9.97. The van der Waals surface area contributed by atoms with E-state index in [1.807, 2.05) is 31.2 Å². The van der Waals surface area contributed by atoms with E-state index < -0.39 is 0 Å². The van der Waals surface area contributed by atoms with Crippen LogP contribution in [0.25, 0.3) is 0 Å². The van der Waals surface area contributed by atoms with Gasteiger partial charge < -0.3 is 5.32 Å². The van der Waals surface area contributed by atoms with Crippen molar-refractivity contribution in [3.05, 3.63) is 71.1 Å². The number of nitrogens with zero attached hydrogens (tertiary/aromatic N) is 2. The molecule has 0 spiro atoms. The largest absolute Gasteiger partial charge is 0.356 e. The summed E-state index contributed by atoms with van der Waals surface area (Å²) >= 11 is 0. The number of carbonyl (C=O) groups excluding carboxylic acids is 2. The maximum Gasteiger partial charge on any atom is 0.260 e. The molecule has 150 valence electrons. The molecule has 0 saturated carbocycles. The summed E-state index contributed by atoms with van der Waals surface area (Å²) in [4.78, 5) is 31.9. The predicted octanol–water partition coefficient (Wildman–Crippen LogP) is 4.49. The molecule has 0 radical (unpaired) electrons. The van der Waals surface area contributed by atoms with Crippen LogP contribution in [-0.4, -0.2) is 23.3 Å². The molecule has 1 aromatic heterocycles. The van der Waals surface area contributed by atoms with E-state index in [9.17, 15) is 9.59 Å². The van der Waals surface area contributed by atoms with Gasteiger partial charge in [0.05, 0.1) is 23.7 Å². The number of amides is 2. The smallest absolute Gasteiger partial charge is 0.260 e. The van der Waals surface area contributed by atoms with Crippen LogP contribution in [-0.2, 0) is 4.79 Å². The molecule has 1 unspecified atom stereocenters. The number of fused-ring (bicyclic) bond motifs is 1. The maximum atomic E-state index is 13.0. The van der Waals surface area contributed by atoms with Crippen molar-refractivity contribution in [3.63, 3.8) is 0 Å². The average molecular weight is 389 g/mol. The van der Waals surface area contributed by atoms with Gasteiger partial charge in [0.25, 0.3) is 5.91 Å². The predicted molar refractivity (Wildman–Crippen MR) is 114 cm³/mol. The summed E-state index contributed by atoms with van der Waals surface area (Å²) < 4.78 is 0. The van der Waals surface area contributed by atoms with E-state index in [-0.39, 0.29) is 24.3 Å². The van der Waals surface area contributed by atoms with Crippen molar-refractivity contribution < 1.29 is 9.59 Å². The number of carbonyl (C=O) groups is 2. The van der Waals surface area contributed by atoms with Gasteiger partial charge in [-0.15, -0.1) is 0 Å². The van der Waals surface area contributed by atoms with Crippen LogP contribution in [0.15, 0.2) is 54.2 Å². The number of aromatic nitrogens is 1. The summed E-state index contributed by atoms with van der Waals surface area (Å²) in [5.41, 5.74) is 4.63. The molecule has 29 heavy (non-hydrogen) atoms. The van der Waals surface area contributed by atoms with Gasteiger partial charge in [-0.25, -0.2) is 0 Å². The normalized spacial score (nSPS) is 18.4. The Morgan fingerprint density at radius 1 is 1.21 bits per heavy atom. The summed E-state index contributed by atoms with van der Waals surface area (Å²) in [7, 11) is 0. The molecule has 2 amide bonds. The first kappa shape index (κ1) is 19.4. The second kappa shape index (κ2) is 8.60.